The number of para-hydroxylation sites is 1. The van der Waals surface area contributed by atoms with Gasteiger partial charge in [0.25, 0.3) is 5.91 Å². The summed E-state index contributed by atoms with van der Waals surface area (Å²) in [7, 11) is 3.57. The van der Waals surface area contributed by atoms with E-state index in [0.717, 1.165) is 16.6 Å². The fourth-order valence-corrected chi connectivity index (χ4v) is 2.28. The second-order valence-corrected chi connectivity index (χ2v) is 4.85. The van der Waals surface area contributed by atoms with Crippen molar-refractivity contribution in [3.05, 3.63) is 54.2 Å². The van der Waals surface area contributed by atoms with Gasteiger partial charge in [-0.05, 0) is 6.07 Å². The molecule has 0 aliphatic heterocycles. The molecule has 0 spiro atoms. The molecule has 3 aromatic rings. The Hall–Kier alpha value is -2.76. The summed E-state index contributed by atoms with van der Waals surface area (Å²) in [5.74, 6) is -0.127. The number of aryl methyl sites for hydroxylation is 1. The smallest absolute Gasteiger partial charge is 0.275 e. The number of fused-ring (bicyclic) bond motifs is 1. The van der Waals surface area contributed by atoms with Crippen LogP contribution >= 0.6 is 0 Å². The van der Waals surface area contributed by atoms with Gasteiger partial charge in [-0.25, -0.2) is 0 Å². The first kappa shape index (κ1) is 13.2. The first-order valence-corrected chi connectivity index (χ1v) is 6.59. The number of benzene rings is 1. The van der Waals surface area contributed by atoms with Crippen LogP contribution in [-0.4, -0.2) is 37.6 Å². The summed E-state index contributed by atoms with van der Waals surface area (Å²) < 4.78 is 1.72. The molecule has 0 saturated heterocycles. The van der Waals surface area contributed by atoms with E-state index in [4.69, 9.17) is 0 Å². The van der Waals surface area contributed by atoms with Crippen LogP contribution in [0.4, 0.5) is 0 Å². The zero-order valence-electron chi connectivity index (χ0n) is 11.9. The second-order valence-electron chi connectivity index (χ2n) is 4.85. The Morgan fingerprint density at radius 2 is 2.10 bits per heavy atom. The van der Waals surface area contributed by atoms with Crippen molar-refractivity contribution in [1.29, 1.82) is 0 Å². The average Bonchev–Trinajstić information content (AvgIpc) is 2.85. The lowest BCUT2D eigenvalue weighted by Crippen LogP contribution is -2.27. The van der Waals surface area contributed by atoms with Gasteiger partial charge >= 0.3 is 0 Å². The van der Waals surface area contributed by atoms with E-state index in [1.165, 1.54) is 0 Å². The van der Waals surface area contributed by atoms with Crippen LogP contribution in [0.3, 0.4) is 0 Å². The van der Waals surface area contributed by atoms with Gasteiger partial charge in [0.2, 0.25) is 0 Å². The lowest BCUT2D eigenvalue weighted by molar-refractivity contribution is 0.0778. The fourth-order valence-electron chi connectivity index (χ4n) is 2.28. The summed E-state index contributed by atoms with van der Waals surface area (Å²) in [6, 6.07) is 7.69. The van der Waals surface area contributed by atoms with Gasteiger partial charge in [-0.3, -0.25) is 19.4 Å². The molecule has 1 aromatic carbocycles. The second kappa shape index (κ2) is 5.32. The zero-order chi connectivity index (χ0) is 14.8. The third-order valence-corrected chi connectivity index (χ3v) is 3.32. The summed E-state index contributed by atoms with van der Waals surface area (Å²) in [4.78, 5) is 22.4. The Kier molecular flexibility index (Phi) is 3.35. The molecule has 0 unspecified atom stereocenters. The minimum absolute atomic E-state index is 0.127. The van der Waals surface area contributed by atoms with Gasteiger partial charge < -0.3 is 4.90 Å². The number of rotatable bonds is 3. The highest BCUT2D eigenvalue weighted by molar-refractivity contribution is 6.04. The monoisotopic (exact) mass is 281 g/mol. The van der Waals surface area contributed by atoms with Gasteiger partial charge in [0.1, 0.15) is 0 Å². The predicted molar refractivity (Wildman–Crippen MR) is 78.5 cm³/mol. The number of amides is 1. The molecule has 106 valence electrons. The lowest BCUT2D eigenvalue weighted by Gasteiger charge is -2.15. The first-order chi connectivity index (χ1) is 10.2. The topological polar surface area (TPSA) is 63.9 Å². The summed E-state index contributed by atoms with van der Waals surface area (Å²) in [6.45, 7) is 0.400. The quantitative estimate of drug-likeness (QED) is 0.732. The molecule has 0 aliphatic carbocycles. The molecule has 0 bridgehead atoms. The van der Waals surface area contributed by atoms with Gasteiger partial charge in [-0.2, -0.15) is 5.10 Å². The Balaban J connectivity index is 1.90. The van der Waals surface area contributed by atoms with Gasteiger partial charge in [0, 0.05) is 31.9 Å². The molecule has 6 nitrogen and oxygen atoms in total. The highest BCUT2D eigenvalue weighted by Crippen LogP contribution is 2.19. The minimum atomic E-state index is -0.127. The molecule has 0 atom stereocenters. The summed E-state index contributed by atoms with van der Waals surface area (Å²) >= 11 is 0. The van der Waals surface area contributed by atoms with Gasteiger partial charge in [0.15, 0.2) is 5.69 Å². The van der Waals surface area contributed by atoms with Crippen LogP contribution in [0.1, 0.15) is 16.2 Å². The molecule has 3 rings (SSSR count). The maximum absolute atomic E-state index is 12.6. The molecule has 0 saturated carbocycles. The van der Waals surface area contributed by atoms with Crippen LogP contribution in [0.5, 0.6) is 0 Å². The summed E-state index contributed by atoms with van der Waals surface area (Å²) in [5.41, 5.74) is 2.14. The number of carbonyl (C=O) groups is 1. The van der Waals surface area contributed by atoms with Crippen LogP contribution in [0.15, 0.2) is 42.9 Å². The van der Waals surface area contributed by atoms with E-state index in [-0.39, 0.29) is 5.91 Å². The van der Waals surface area contributed by atoms with E-state index in [1.807, 2.05) is 31.3 Å². The van der Waals surface area contributed by atoms with Crippen LogP contribution in [-0.2, 0) is 13.6 Å². The van der Waals surface area contributed by atoms with E-state index in [1.54, 1.807) is 35.2 Å². The third kappa shape index (κ3) is 2.47. The first-order valence-electron chi connectivity index (χ1n) is 6.59. The molecule has 2 heterocycles. The maximum Gasteiger partial charge on any atom is 0.275 e. The number of aromatic nitrogens is 4. The Morgan fingerprint density at radius 1 is 1.29 bits per heavy atom. The average molecular weight is 281 g/mol. The third-order valence-electron chi connectivity index (χ3n) is 3.32. The molecule has 0 fully saturated rings. The van der Waals surface area contributed by atoms with Gasteiger partial charge in [-0.1, -0.05) is 18.2 Å². The van der Waals surface area contributed by atoms with Gasteiger partial charge in [0.05, 0.1) is 24.0 Å². The van der Waals surface area contributed by atoms with E-state index in [9.17, 15) is 4.79 Å². The summed E-state index contributed by atoms with van der Waals surface area (Å²) in [6.07, 6.45) is 4.88. The van der Waals surface area contributed by atoms with Crippen molar-refractivity contribution < 1.29 is 4.79 Å². The highest BCUT2D eigenvalue weighted by atomic mass is 16.2. The predicted octanol–water partition coefficient (Wildman–Crippen LogP) is 1.64. The maximum atomic E-state index is 12.6. The van der Waals surface area contributed by atoms with Crippen molar-refractivity contribution in [2.24, 2.45) is 7.05 Å². The van der Waals surface area contributed by atoms with E-state index in [2.05, 4.69) is 15.1 Å². The van der Waals surface area contributed by atoms with E-state index in [0.29, 0.717) is 12.2 Å². The van der Waals surface area contributed by atoms with Crippen molar-refractivity contribution >= 4 is 16.8 Å². The molecule has 2 aromatic heterocycles. The van der Waals surface area contributed by atoms with Crippen LogP contribution in [0.25, 0.3) is 10.9 Å². The Bertz CT molecular complexity index is 781. The van der Waals surface area contributed by atoms with E-state index < -0.39 is 0 Å². The minimum Gasteiger partial charge on any atom is -0.334 e. The molecule has 0 N–H and O–H groups in total. The van der Waals surface area contributed by atoms with Crippen molar-refractivity contribution in [2.45, 2.75) is 6.54 Å². The van der Waals surface area contributed by atoms with Crippen LogP contribution < -0.4 is 0 Å². The molecule has 6 heteroatoms. The largest absolute Gasteiger partial charge is 0.334 e. The van der Waals surface area contributed by atoms with Crippen molar-refractivity contribution in [3.63, 3.8) is 0 Å². The normalized spacial score (nSPS) is 10.8. The number of hydrogen-bond donors (Lipinski definition) is 0. The van der Waals surface area contributed by atoms with E-state index >= 15 is 0 Å². The number of hydrogen-bond acceptors (Lipinski definition) is 4. The van der Waals surface area contributed by atoms with Crippen molar-refractivity contribution in [1.82, 2.24) is 24.6 Å². The van der Waals surface area contributed by atoms with Crippen molar-refractivity contribution in [2.75, 3.05) is 7.05 Å². The number of carbonyl (C=O) groups excluding carboxylic acids is 1. The van der Waals surface area contributed by atoms with Gasteiger partial charge in [-0.15, -0.1) is 0 Å². The van der Waals surface area contributed by atoms with Crippen LogP contribution in [0.2, 0.25) is 0 Å². The SMILES string of the molecule is CN(Cc1cnccn1)C(=O)c1nn(C)c2ccccc12. The lowest BCUT2D eigenvalue weighted by atomic mass is 10.2. The molecule has 0 radical (unpaired) electrons. The highest BCUT2D eigenvalue weighted by Gasteiger charge is 2.19. The molecule has 1 amide bonds. The molecular weight excluding hydrogens is 266 g/mol. The Morgan fingerprint density at radius 3 is 2.86 bits per heavy atom. The number of nitrogens with zero attached hydrogens (tertiary/aromatic N) is 5. The standard InChI is InChI=1S/C15H15N5O/c1-19(10-11-9-16-7-8-17-11)15(21)14-12-5-3-4-6-13(12)20(2)18-14/h3-9H,10H2,1-2H3. The zero-order valence-corrected chi connectivity index (χ0v) is 11.9. The fraction of sp³-hybridized carbons (Fsp3) is 0.200. The molecular formula is C15H15N5O. The van der Waals surface area contributed by atoms with Crippen LogP contribution in [0, 0.1) is 0 Å². The Labute approximate surface area is 122 Å². The molecule has 21 heavy (non-hydrogen) atoms. The summed E-state index contributed by atoms with van der Waals surface area (Å²) in [5, 5.41) is 5.20. The van der Waals surface area contributed by atoms with Crippen molar-refractivity contribution in [3.8, 4) is 0 Å². The molecule has 0 aliphatic rings.